The molecule has 0 radical (unpaired) electrons. The van der Waals surface area contributed by atoms with Crippen LogP contribution in [0.25, 0.3) is 23.3 Å². The second-order valence-corrected chi connectivity index (χ2v) is 11.6. The summed E-state index contributed by atoms with van der Waals surface area (Å²) in [5.41, 5.74) is 12.9. The van der Waals surface area contributed by atoms with Gasteiger partial charge in [0.2, 0.25) is 5.91 Å². The van der Waals surface area contributed by atoms with Crippen LogP contribution in [0.2, 0.25) is 0 Å². The summed E-state index contributed by atoms with van der Waals surface area (Å²) in [6, 6.07) is 9.79. The van der Waals surface area contributed by atoms with E-state index in [0.29, 0.717) is 48.8 Å². The van der Waals surface area contributed by atoms with Gasteiger partial charge in [-0.1, -0.05) is 48.7 Å². The molecule has 0 spiro atoms. The molecule has 0 bridgehead atoms. The number of fused-ring (bicyclic) bond motifs is 1. The first-order chi connectivity index (χ1) is 18.7. The number of benzene rings is 2. The van der Waals surface area contributed by atoms with Gasteiger partial charge in [-0.05, 0) is 65.6 Å². The third-order valence-corrected chi connectivity index (χ3v) is 7.41. The zero-order chi connectivity index (χ0) is 28.5. The number of nitrogens with two attached hydrogens (primary N) is 1. The number of carbonyl (C=O) groups excluding carboxylic acids is 2. The van der Waals surface area contributed by atoms with Gasteiger partial charge < -0.3 is 20.1 Å². The Labute approximate surface area is 236 Å². The molecule has 1 heterocycles. The smallest absolute Gasteiger partial charge is 0.250 e. The van der Waals surface area contributed by atoms with Crippen molar-refractivity contribution in [2.24, 2.45) is 10.7 Å². The van der Waals surface area contributed by atoms with Crippen LogP contribution in [0.15, 0.2) is 47.1 Å². The fraction of sp³-hybridized carbons (Fsp3) is 0.367. The van der Waals surface area contributed by atoms with Crippen LogP contribution < -0.4 is 11.2 Å². The molecule has 2 N–H and O–H groups in total. The van der Waals surface area contributed by atoms with E-state index in [9.17, 15) is 14.1 Å². The highest BCUT2D eigenvalue weighted by molar-refractivity contribution is 7.90. The van der Waals surface area contributed by atoms with Crippen molar-refractivity contribution in [1.82, 2.24) is 9.80 Å². The van der Waals surface area contributed by atoms with E-state index in [1.54, 1.807) is 6.26 Å². The maximum atomic E-state index is 13.4. The first-order valence-corrected chi connectivity index (χ1v) is 15.1. The Morgan fingerprint density at radius 3 is 2.49 bits per heavy atom. The topological polar surface area (TPSA) is 102 Å². The summed E-state index contributed by atoms with van der Waals surface area (Å²) in [4.78, 5) is 33.6. The number of hydrogen-bond acceptors (Lipinski definition) is 6. The molecule has 3 rings (SSSR count). The van der Waals surface area contributed by atoms with Gasteiger partial charge in [-0.3, -0.25) is 9.59 Å². The predicted octanol–water partition coefficient (Wildman–Crippen LogP) is 3.13. The van der Waals surface area contributed by atoms with E-state index in [-0.39, 0.29) is 5.91 Å². The van der Waals surface area contributed by atoms with Crippen LogP contribution in [-0.4, -0.2) is 78.9 Å². The largest absolute Gasteiger partial charge is 0.617 e. The molecule has 0 fully saturated rings. The van der Waals surface area contributed by atoms with Gasteiger partial charge >= 0.3 is 0 Å². The van der Waals surface area contributed by atoms with E-state index in [1.165, 1.54) is 0 Å². The number of carbonyl (C=O) groups is 2. The van der Waals surface area contributed by atoms with Crippen LogP contribution in [0.3, 0.4) is 0 Å². The Kier molecular flexibility index (Phi) is 11.0. The lowest BCUT2D eigenvalue weighted by molar-refractivity contribution is -0.127. The average Bonchev–Trinajstić information content (AvgIpc) is 3.08. The highest BCUT2D eigenvalue weighted by Crippen LogP contribution is 2.32. The van der Waals surface area contributed by atoms with Crippen LogP contribution in [0.4, 0.5) is 5.69 Å². The summed E-state index contributed by atoms with van der Waals surface area (Å²) in [5.74, 6) is 1.01. The molecular weight excluding hydrogens is 507 g/mol. The van der Waals surface area contributed by atoms with Crippen molar-refractivity contribution in [3.63, 3.8) is 0 Å². The first-order valence-electron chi connectivity index (χ1n) is 13.4. The lowest BCUT2D eigenvalue weighted by Gasteiger charge is -2.22. The Bertz CT molecular complexity index is 1280. The number of nitrogens with zero attached hydrogens (tertiary/aromatic N) is 3. The molecule has 1 amide bonds. The minimum absolute atomic E-state index is 0.0178. The van der Waals surface area contributed by atoms with Gasteiger partial charge in [-0.15, -0.1) is 0 Å². The highest BCUT2D eigenvalue weighted by Gasteiger charge is 2.22. The monoisotopic (exact) mass is 546 g/mol. The fourth-order valence-electron chi connectivity index (χ4n) is 4.60. The van der Waals surface area contributed by atoms with Crippen LogP contribution in [0.5, 0.6) is 0 Å². The number of rotatable bonds is 12. The molecule has 0 saturated carbocycles. The second-order valence-electron chi connectivity index (χ2n) is 10.0. The summed E-state index contributed by atoms with van der Waals surface area (Å²) in [5, 5.41) is 0. The van der Waals surface area contributed by atoms with E-state index >= 15 is 0 Å². The zero-order valence-electron chi connectivity index (χ0n) is 23.7. The first kappa shape index (κ1) is 30.2. The van der Waals surface area contributed by atoms with E-state index in [2.05, 4.69) is 19.9 Å². The standard InChI is InChI=1S/C30H39BN4O3S/c1-5-10-35(11-6-2)30(37)25-16-26-27(31)17-24(18-28(26)33-29(32)19-25)21-7-8-23(20-36)22(15-21)9-12-34(3)13-14-39(4)38/h7-9,12,15-18,20H,5-6,10-11,13-14,19,31H2,1-4H3,(H2,32,33)/b12-9-. The molecule has 2 aromatic carbocycles. The SMILES string of the molecule is Bc1cc(-c2ccc(C=O)c(/C=C\N(C)CC[S+](C)[O-])c2)cc2c1C=C(C(=O)N(CCC)CCC)CC(N)=N2. The van der Waals surface area contributed by atoms with Crippen molar-refractivity contribution >= 4 is 60.4 Å². The molecule has 0 saturated heterocycles. The molecule has 1 aliphatic heterocycles. The predicted molar refractivity (Wildman–Crippen MR) is 167 cm³/mol. The number of aliphatic imine (C=N–C) groups is 1. The third kappa shape index (κ3) is 8.10. The van der Waals surface area contributed by atoms with Gasteiger partial charge in [0.25, 0.3) is 0 Å². The summed E-state index contributed by atoms with van der Waals surface area (Å²) in [6.07, 6.45) is 10.4. The Hall–Kier alpha value is -3.30. The average molecular weight is 547 g/mol. The Morgan fingerprint density at radius 1 is 1.13 bits per heavy atom. The lowest BCUT2D eigenvalue weighted by Crippen LogP contribution is -2.34. The number of amidine groups is 1. The lowest BCUT2D eigenvalue weighted by atomic mass is 9.85. The van der Waals surface area contributed by atoms with Crippen molar-refractivity contribution in [3.8, 4) is 11.1 Å². The van der Waals surface area contributed by atoms with Gasteiger partial charge in [0.1, 0.15) is 19.4 Å². The van der Waals surface area contributed by atoms with Crippen LogP contribution in [0.1, 0.15) is 54.6 Å². The molecule has 206 valence electrons. The van der Waals surface area contributed by atoms with Gasteiger partial charge in [0.15, 0.2) is 6.29 Å². The van der Waals surface area contributed by atoms with Crippen LogP contribution in [0, 0.1) is 0 Å². The van der Waals surface area contributed by atoms with E-state index in [1.807, 2.05) is 67.3 Å². The molecule has 0 aliphatic carbocycles. The minimum Gasteiger partial charge on any atom is -0.617 e. The van der Waals surface area contributed by atoms with Crippen molar-refractivity contribution in [1.29, 1.82) is 0 Å². The third-order valence-electron chi connectivity index (χ3n) is 6.66. The Morgan fingerprint density at radius 2 is 1.85 bits per heavy atom. The van der Waals surface area contributed by atoms with Gasteiger partial charge in [-0.2, -0.15) is 0 Å². The molecule has 1 unspecified atom stereocenters. The van der Waals surface area contributed by atoms with Crippen molar-refractivity contribution in [2.75, 3.05) is 38.7 Å². The summed E-state index contributed by atoms with van der Waals surface area (Å²) >= 11 is -0.862. The molecule has 1 atom stereocenters. The van der Waals surface area contributed by atoms with Crippen LogP contribution >= 0.6 is 0 Å². The zero-order valence-corrected chi connectivity index (χ0v) is 24.5. The summed E-state index contributed by atoms with van der Waals surface area (Å²) in [6.45, 7) is 6.24. The normalized spacial score (nSPS) is 13.8. The molecule has 39 heavy (non-hydrogen) atoms. The summed E-state index contributed by atoms with van der Waals surface area (Å²) in [7, 11) is 3.93. The van der Waals surface area contributed by atoms with Gasteiger partial charge in [0.05, 0.1) is 18.5 Å². The quantitative estimate of drug-likeness (QED) is 0.251. The molecule has 0 aromatic heterocycles. The minimum atomic E-state index is -0.862. The molecule has 1 aliphatic rings. The van der Waals surface area contributed by atoms with Crippen LogP contribution in [-0.2, 0) is 16.0 Å². The maximum absolute atomic E-state index is 13.4. The van der Waals surface area contributed by atoms with Crippen molar-refractivity contribution in [2.45, 2.75) is 33.1 Å². The number of amides is 1. The van der Waals surface area contributed by atoms with E-state index in [4.69, 9.17) is 10.7 Å². The number of hydrogen-bond donors (Lipinski definition) is 1. The molecule has 2 aromatic rings. The summed E-state index contributed by atoms with van der Waals surface area (Å²) < 4.78 is 11.4. The van der Waals surface area contributed by atoms with Crippen molar-refractivity contribution in [3.05, 3.63) is 58.8 Å². The van der Waals surface area contributed by atoms with E-state index in [0.717, 1.165) is 52.5 Å². The fourth-order valence-corrected chi connectivity index (χ4v) is 5.14. The molecular formula is C30H39BN4O3S. The number of aldehydes is 1. The van der Waals surface area contributed by atoms with E-state index < -0.39 is 11.2 Å². The van der Waals surface area contributed by atoms with Crippen molar-refractivity contribution < 1.29 is 14.1 Å². The second kappa shape index (κ2) is 14.2. The van der Waals surface area contributed by atoms with Gasteiger partial charge in [0, 0.05) is 37.7 Å². The molecule has 7 nitrogen and oxygen atoms in total. The molecule has 9 heteroatoms. The maximum Gasteiger partial charge on any atom is 0.250 e. The Balaban J connectivity index is 1.98. The van der Waals surface area contributed by atoms with Gasteiger partial charge in [-0.25, -0.2) is 4.99 Å². The highest BCUT2D eigenvalue weighted by atomic mass is 32.2.